The second-order valence-corrected chi connectivity index (χ2v) is 7.10. The number of benzene rings is 1. The number of carbonyl (C=O) groups is 1. The number of methoxy groups -OCH3 is 1. The molecular weight excluding hydrogens is 370 g/mol. The Hall–Kier alpha value is -1.10. The highest BCUT2D eigenvalue weighted by atomic mass is 79.9. The van der Waals surface area contributed by atoms with E-state index in [1.165, 1.54) is 13.2 Å². The quantitative estimate of drug-likeness (QED) is 0.630. The molecule has 0 fully saturated rings. The molecule has 1 aromatic rings. The van der Waals surface area contributed by atoms with Crippen LogP contribution in [-0.2, 0) is 30.9 Å². The summed E-state index contributed by atoms with van der Waals surface area (Å²) in [5.74, 6) is -0.554. The maximum absolute atomic E-state index is 12.2. The molecule has 1 N–H and O–H groups in total. The third kappa shape index (κ3) is 3.14. The molecule has 1 heterocycles. The van der Waals surface area contributed by atoms with Crippen LogP contribution in [0.1, 0.15) is 0 Å². The number of rotatable bonds is 5. The zero-order valence-electron chi connectivity index (χ0n) is 10.2. The van der Waals surface area contributed by atoms with Crippen LogP contribution in [0, 0.1) is 0 Å². The maximum Gasteiger partial charge on any atom is 0.320 e. The van der Waals surface area contributed by atoms with Crippen molar-refractivity contribution in [1.29, 1.82) is 0 Å². The van der Waals surface area contributed by atoms with Gasteiger partial charge in [0.2, 0.25) is 10.0 Å². The standard InChI is InChI=1S/C10H10BrN3O4S2/c1-18-10(15)6(11)5-12-20(16,17)8-4-2-3-7-9(8)14-19-13-7/h2-4,6,12H,5H2,1H3. The van der Waals surface area contributed by atoms with E-state index in [-0.39, 0.29) is 11.4 Å². The van der Waals surface area contributed by atoms with Crippen molar-refractivity contribution < 1.29 is 17.9 Å². The van der Waals surface area contributed by atoms with Gasteiger partial charge in [-0.25, -0.2) is 13.1 Å². The van der Waals surface area contributed by atoms with Crippen LogP contribution in [-0.4, -0.2) is 32.9 Å². The molecule has 1 aromatic carbocycles. The lowest BCUT2D eigenvalue weighted by Gasteiger charge is -2.11. The number of sulfonamides is 1. The van der Waals surface area contributed by atoms with Crippen molar-refractivity contribution in [3.05, 3.63) is 18.2 Å². The molecule has 0 radical (unpaired) electrons. The number of nitrogens with zero attached hydrogens (tertiary/aromatic N) is 2. The summed E-state index contributed by atoms with van der Waals surface area (Å²) in [5.41, 5.74) is 0.829. The van der Waals surface area contributed by atoms with E-state index in [1.807, 2.05) is 0 Å². The van der Waals surface area contributed by atoms with Crippen molar-refractivity contribution in [2.45, 2.75) is 9.72 Å². The second kappa shape index (κ2) is 6.12. The Kier molecular flexibility index (Phi) is 4.68. The fourth-order valence-corrected chi connectivity index (χ4v) is 3.84. The summed E-state index contributed by atoms with van der Waals surface area (Å²) in [6.07, 6.45) is 0. The fraction of sp³-hybridized carbons (Fsp3) is 0.300. The summed E-state index contributed by atoms with van der Waals surface area (Å²) in [5, 5.41) is 0. The van der Waals surface area contributed by atoms with Gasteiger partial charge in [0.1, 0.15) is 21.1 Å². The largest absolute Gasteiger partial charge is 0.468 e. The third-order valence-electron chi connectivity index (χ3n) is 2.45. The first-order valence-electron chi connectivity index (χ1n) is 5.38. The molecule has 0 saturated heterocycles. The molecule has 108 valence electrons. The van der Waals surface area contributed by atoms with Gasteiger partial charge in [0.15, 0.2) is 0 Å². The van der Waals surface area contributed by atoms with E-state index >= 15 is 0 Å². The molecule has 2 rings (SSSR count). The fourth-order valence-electron chi connectivity index (χ4n) is 1.47. The van der Waals surface area contributed by atoms with Crippen LogP contribution in [0.25, 0.3) is 0 Å². The highest BCUT2D eigenvalue weighted by molar-refractivity contribution is 9.10. The van der Waals surface area contributed by atoms with Gasteiger partial charge in [-0.15, -0.1) is 0 Å². The number of hydrogen-bond acceptors (Lipinski definition) is 6. The van der Waals surface area contributed by atoms with Crippen LogP contribution in [0.5, 0.6) is 0 Å². The Labute approximate surface area is 127 Å². The van der Waals surface area contributed by atoms with Crippen molar-refractivity contribution in [1.82, 2.24) is 4.72 Å². The van der Waals surface area contributed by atoms with E-state index < -0.39 is 20.8 Å². The van der Waals surface area contributed by atoms with E-state index in [1.54, 1.807) is 12.1 Å². The summed E-state index contributed by atoms with van der Waals surface area (Å²) >= 11 is 3.98. The van der Waals surface area contributed by atoms with E-state index in [4.69, 9.17) is 0 Å². The van der Waals surface area contributed by atoms with Gasteiger partial charge < -0.3 is 4.74 Å². The Bertz CT molecular complexity index is 713. The first-order valence-corrected chi connectivity index (χ1v) is 8.51. The lowest BCUT2D eigenvalue weighted by atomic mass is 10.3. The molecule has 10 heteroatoms. The lowest BCUT2D eigenvalue weighted by molar-refractivity contribution is -0.139. The number of esters is 1. The normalized spacial score (nSPS) is 14.5. The van der Waals surface area contributed by atoms with Crippen LogP contribution in [0.15, 0.2) is 31.8 Å². The molecule has 7 nitrogen and oxygen atoms in total. The van der Waals surface area contributed by atoms with Gasteiger partial charge in [-0.3, -0.25) is 4.79 Å². The van der Waals surface area contributed by atoms with Gasteiger partial charge in [0.25, 0.3) is 0 Å². The van der Waals surface area contributed by atoms with E-state index in [0.717, 1.165) is 11.4 Å². The van der Waals surface area contributed by atoms with Gasteiger partial charge in [-0.2, -0.15) is 8.73 Å². The molecule has 0 saturated carbocycles. The maximum atomic E-state index is 12.2. The number of halogens is 1. The van der Waals surface area contributed by atoms with Crippen LogP contribution >= 0.6 is 15.9 Å². The molecule has 1 unspecified atom stereocenters. The number of fused-ring (bicyclic) bond motifs is 1. The molecule has 20 heavy (non-hydrogen) atoms. The Morgan fingerprint density at radius 2 is 2.25 bits per heavy atom. The summed E-state index contributed by atoms with van der Waals surface area (Å²) in [7, 11) is -2.55. The van der Waals surface area contributed by atoms with E-state index in [2.05, 4.69) is 34.1 Å². The molecule has 0 aromatic heterocycles. The Balaban J connectivity index is 2.19. The highest BCUT2D eigenvalue weighted by Crippen LogP contribution is 2.37. The molecular formula is C10H10BrN3O4S2. The SMILES string of the molecule is COC(=O)C(Br)CNS(=O)(=O)c1cccc2c1N=S=N2. The summed E-state index contributed by atoms with van der Waals surface area (Å²) in [6.45, 7) is -0.122. The molecule has 1 aliphatic heterocycles. The lowest BCUT2D eigenvalue weighted by Crippen LogP contribution is -2.33. The zero-order chi connectivity index (χ0) is 14.8. The van der Waals surface area contributed by atoms with Crippen molar-refractivity contribution >= 4 is 54.7 Å². The van der Waals surface area contributed by atoms with Gasteiger partial charge in [-0.05, 0) is 12.1 Å². The smallest absolute Gasteiger partial charge is 0.320 e. The molecule has 0 spiro atoms. The minimum atomic E-state index is -3.78. The molecule has 0 bridgehead atoms. The average Bonchev–Trinajstić information content (AvgIpc) is 2.91. The number of nitrogens with one attached hydrogen (secondary N) is 1. The predicted octanol–water partition coefficient (Wildman–Crippen LogP) is 1.63. The minimum Gasteiger partial charge on any atom is -0.468 e. The number of ether oxygens (including phenoxy) is 1. The highest BCUT2D eigenvalue weighted by Gasteiger charge is 2.24. The predicted molar refractivity (Wildman–Crippen MR) is 77.9 cm³/mol. The van der Waals surface area contributed by atoms with Gasteiger partial charge in [0.05, 0.1) is 18.5 Å². The van der Waals surface area contributed by atoms with Crippen molar-refractivity contribution in [2.75, 3.05) is 13.7 Å². The zero-order valence-corrected chi connectivity index (χ0v) is 13.5. The molecule has 1 atom stereocenters. The first kappa shape index (κ1) is 15.3. The van der Waals surface area contributed by atoms with Crippen molar-refractivity contribution in [3.8, 4) is 0 Å². The number of carbonyl (C=O) groups excluding carboxylic acids is 1. The average molecular weight is 380 g/mol. The third-order valence-corrected chi connectivity index (χ3v) is 5.14. The summed E-state index contributed by atoms with van der Waals surface area (Å²) < 4.78 is 39.2. The first-order chi connectivity index (χ1) is 9.45. The number of alkyl halides is 1. The topological polar surface area (TPSA) is 97.2 Å². The Morgan fingerprint density at radius 3 is 2.95 bits per heavy atom. The van der Waals surface area contributed by atoms with Crippen LogP contribution in [0.4, 0.5) is 11.4 Å². The minimum absolute atomic E-state index is 0.0355. The van der Waals surface area contributed by atoms with Gasteiger partial charge in [0, 0.05) is 6.54 Å². The molecule has 1 aliphatic rings. The summed E-state index contributed by atoms with van der Waals surface area (Å²) in [4.78, 5) is 10.5. The van der Waals surface area contributed by atoms with Crippen LogP contribution in [0.2, 0.25) is 0 Å². The van der Waals surface area contributed by atoms with Gasteiger partial charge >= 0.3 is 5.97 Å². The number of hydrogen-bond donors (Lipinski definition) is 1. The second-order valence-electron chi connectivity index (χ2n) is 3.73. The summed E-state index contributed by atoms with van der Waals surface area (Å²) in [6, 6.07) is 4.71. The molecule has 0 amide bonds. The van der Waals surface area contributed by atoms with Crippen LogP contribution in [0.3, 0.4) is 0 Å². The van der Waals surface area contributed by atoms with Gasteiger partial charge in [-0.1, -0.05) is 22.0 Å². The molecule has 0 aliphatic carbocycles. The van der Waals surface area contributed by atoms with Crippen LogP contribution < -0.4 is 4.72 Å². The van der Waals surface area contributed by atoms with E-state index in [0.29, 0.717) is 11.4 Å². The Morgan fingerprint density at radius 1 is 1.50 bits per heavy atom. The van der Waals surface area contributed by atoms with Crippen molar-refractivity contribution in [3.63, 3.8) is 0 Å². The van der Waals surface area contributed by atoms with E-state index in [9.17, 15) is 13.2 Å². The monoisotopic (exact) mass is 379 g/mol. The van der Waals surface area contributed by atoms with Crippen molar-refractivity contribution in [2.24, 2.45) is 8.73 Å².